The van der Waals surface area contributed by atoms with Gasteiger partial charge < -0.3 is 11.1 Å². The van der Waals surface area contributed by atoms with Gasteiger partial charge in [-0.2, -0.15) is 0 Å². The topological polar surface area (TPSA) is 68.0 Å². The number of amides is 1. The van der Waals surface area contributed by atoms with Crippen molar-refractivity contribution in [2.75, 3.05) is 5.32 Å². The summed E-state index contributed by atoms with van der Waals surface area (Å²) in [7, 11) is 0. The molecule has 1 aliphatic carbocycles. The number of nitrogens with zero attached hydrogens (tertiary/aromatic N) is 1. The molecular weight excluding hydrogens is 226 g/mol. The molecule has 1 aliphatic rings. The van der Waals surface area contributed by atoms with Gasteiger partial charge >= 0.3 is 0 Å². The molecule has 1 amide bonds. The molecule has 2 atom stereocenters. The number of hydrogen-bond acceptors (Lipinski definition) is 3. The maximum atomic E-state index is 11.1. The lowest BCUT2D eigenvalue weighted by Crippen LogP contribution is -2.27. The number of primary amides is 1. The summed E-state index contributed by atoms with van der Waals surface area (Å²) in [5.74, 6) is 0.349. The number of carbonyl (C=O) groups is 1. The number of anilines is 1. The van der Waals surface area contributed by atoms with Crippen molar-refractivity contribution in [2.45, 2.75) is 45.1 Å². The monoisotopic (exact) mass is 247 g/mol. The van der Waals surface area contributed by atoms with Gasteiger partial charge in [0, 0.05) is 17.9 Å². The van der Waals surface area contributed by atoms with Gasteiger partial charge in [0.05, 0.1) is 0 Å². The van der Waals surface area contributed by atoms with Crippen molar-refractivity contribution in [1.82, 2.24) is 4.98 Å². The van der Waals surface area contributed by atoms with E-state index in [1.54, 1.807) is 12.3 Å². The molecule has 4 nitrogen and oxygen atoms in total. The molecule has 0 spiro atoms. The van der Waals surface area contributed by atoms with Gasteiger partial charge in [-0.1, -0.05) is 26.2 Å². The predicted molar refractivity (Wildman–Crippen MR) is 72.4 cm³/mol. The summed E-state index contributed by atoms with van der Waals surface area (Å²) in [6.07, 6.45) is 7.92. The Morgan fingerprint density at radius 2 is 2.39 bits per heavy atom. The molecule has 1 saturated carbocycles. The summed E-state index contributed by atoms with van der Waals surface area (Å²) in [5.41, 5.74) is 6.50. The molecule has 18 heavy (non-hydrogen) atoms. The van der Waals surface area contributed by atoms with Crippen LogP contribution in [0.25, 0.3) is 0 Å². The lowest BCUT2D eigenvalue weighted by Gasteiger charge is -2.29. The number of rotatable bonds is 4. The molecule has 1 heterocycles. The number of hydrogen-bond donors (Lipinski definition) is 2. The number of nitrogens with two attached hydrogens (primary N) is 1. The minimum atomic E-state index is -0.478. The quantitative estimate of drug-likeness (QED) is 0.859. The third-order valence-corrected chi connectivity index (χ3v) is 3.74. The van der Waals surface area contributed by atoms with Crippen LogP contribution in [0.4, 0.5) is 5.69 Å². The zero-order chi connectivity index (χ0) is 13.0. The van der Waals surface area contributed by atoms with Crippen molar-refractivity contribution >= 4 is 11.6 Å². The Hall–Kier alpha value is -1.58. The third kappa shape index (κ3) is 3.22. The summed E-state index contributed by atoms with van der Waals surface area (Å²) in [4.78, 5) is 15.0. The van der Waals surface area contributed by atoms with E-state index in [9.17, 15) is 4.79 Å². The third-order valence-electron chi connectivity index (χ3n) is 3.74. The van der Waals surface area contributed by atoms with E-state index in [1.165, 1.54) is 32.1 Å². The van der Waals surface area contributed by atoms with Crippen LogP contribution in [0, 0.1) is 5.92 Å². The normalized spacial score (nSPS) is 23.6. The highest BCUT2D eigenvalue weighted by atomic mass is 16.1. The van der Waals surface area contributed by atoms with Crippen molar-refractivity contribution in [3.05, 3.63) is 24.0 Å². The summed E-state index contributed by atoms with van der Waals surface area (Å²) >= 11 is 0. The van der Waals surface area contributed by atoms with Gasteiger partial charge in [-0.25, -0.2) is 0 Å². The van der Waals surface area contributed by atoms with E-state index >= 15 is 0 Å². The Balaban J connectivity index is 2.00. The Morgan fingerprint density at radius 3 is 3.11 bits per heavy atom. The van der Waals surface area contributed by atoms with Crippen molar-refractivity contribution in [3.8, 4) is 0 Å². The van der Waals surface area contributed by atoms with E-state index in [4.69, 9.17) is 5.73 Å². The highest BCUT2D eigenvalue weighted by Crippen LogP contribution is 2.28. The van der Waals surface area contributed by atoms with Gasteiger partial charge in [0.2, 0.25) is 0 Å². The molecule has 0 aliphatic heterocycles. The molecule has 98 valence electrons. The van der Waals surface area contributed by atoms with E-state index < -0.39 is 5.91 Å². The van der Waals surface area contributed by atoms with Crippen LogP contribution in [-0.2, 0) is 0 Å². The Bertz CT molecular complexity index is 419. The SMILES string of the molecule is CCC1CCCC(Nc2ccnc(C(N)=O)c2)C1. The van der Waals surface area contributed by atoms with Gasteiger partial charge in [0.1, 0.15) is 5.69 Å². The zero-order valence-corrected chi connectivity index (χ0v) is 10.9. The molecular formula is C14H21N3O. The van der Waals surface area contributed by atoms with Crippen molar-refractivity contribution in [2.24, 2.45) is 11.7 Å². The molecule has 0 aromatic carbocycles. The van der Waals surface area contributed by atoms with Crippen LogP contribution in [0.3, 0.4) is 0 Å². The molecule has 0 bridgehead atoms. The van der Waals surface area contributed by atoms with Crippen LogP contribution < -0.4 is 11.1 Å². The fraction of sp³-hybridized carbons (Fsp3) is 0.571. The maximum absolute atomic E-state index is 11.1. The molecule has 1 aromatic heterocycles. The van der Waals surface area contributed by atoms with Crippen molar-refractivity contribution in [3.63, 3.8) is 0 Å². The maximum Gasteiger partial charge on any atom is 0.267 e. The second-order valence-electron chi connectivity index (χ2n) is 5.08. The summed E-state index contributed by atoms with van der Waals surface area (Å²) < 4.78 is 0. The Labute approximate surface area is 108 Å². The Kier molecular flexibility index (Phi) is 4.18. The summed E-state index contributed by atoms with van der Waals surface area (Å²) in [6.45, 7) is 2.25. The van der Waals surface area contributed by atoms with E-state index in [1.807, 2.05) is 6.07 Å². The summed E-state index contributed by atoms with van der Waals surface area (Å²) in [6, 6.07) is 4.13. The van der Waals surface area contributed by atoms with Crippen LogP contribution in [0.15, 0.2) is 18.3 Å². The summed E-state index contributed by atoms with van der Waals surface area (Å²) in [5, 5.41) is 3.49. The van der Waals surface area contributed by atoms with Crippen molar-refractivity contribution < 1.29 is 4.79 Å². The molecule has 1 fully saturated rings. The average molecular weight is 247 g/mol. The molecule has 4 heteroatoms. The average Bonchev–Trinajstić information content (AvgIpc) is 2.39. The first kappa shape index (κ1) is 12.9. The van der Waals surface area contributed by atoms with Crippen LogP contribution >= 0.6 is 0 Å². The second-order valence-corrected chi connectivity index (χ2v) is 5.08. The number of carbonyl (C=O) groups excluding carboxylic acids is 1. The van der Waals surface area contributed by atoms with Gasteiger partial charge in [-0.15, -0.1) is 0 Å². The highest BCUT2D eigenvalue weighted by molar-refractivity contribution is 5.91. The van der Waals surface area contributed by atoms with Crippen molar-refractivity contribution in [1.29, 1.82) is 0 Å². The van der Waals surface area contributed by atoms with E-state index in [-0.39, 0.29) is 0 Å². The highest BCUT2D eigenvalue weighted by Gasteiger charge is 2.20. The zero-order valence-electron chi connectivity index (χ0n) is 10.9. The number of pyridine rings is 1. The van der Waals surface area contributed by atoms with Crippen LogP contribution in [-0.4, -0.2) is 16.9 Å². The lowest BCUT2D eigenvalue weighted by atomic mass is 9.84. The largest absolute Gasteiger partial charge is 0.382 e. The van der Waals surface area contributed by atoms with Gasteiger partial charge in [-0.3, -0.25) is 9.78 Å². The second kappa shape index (κ2) is 5.85. The molecule has 1 aromatic rings. The molecule has 0 saturated heterocycles. The van der Waals surface area contributed by atoms with Crippen LogP contribution in [0.2, 0.25) is 0 Å². The molecule has 0 radical (unpaired) electrons. The first-order valence-electron chi connectivity index (χ1n) is 6.71. The van der Waals surface area contributed by atoms with Gasteiger partial charge in [0.25, 0.3) is 5.91 Å². The number of nitrogens with one attached hydrogen (secondary N) is 1. The minimum Gasteiger partial charge on any atom is -0.382 e. The molecule has 2 rings (SSSR count). The van der Waals surface area contributed by atoms with Crippen LogP contribution in [0.1, 0.15) is 49.5 Å². The standard InChI is InChI=1S/C14H21N3O/c1-2-10-4-3-5-11(8-10)17-12-6-7-16-13(9-12)14(15)18/h6-7,9-11H,2-5,8H2,1H3,(H2,15,18)(H,16,17). The van der Waals surface area contributed by atoms with Gasteiger partial charge in [0.15, 0.2) is 0 Å². The lowest BCUT2D eigenvalue weighted by molar-refractivity contribution is 0.0995. The van der Waals surface area contributed by atoms with E-state index in [0.717, 1.165) is 11.6 Å². The first-order valence-corrected chi connectivity index (χ1v) is 6.71. The predicted octanol–water partition coefficient (Wildman–Crippen LogP) is 2.56. The van der Waals surface area contributed by atoms with Gasteiger partial charge in [-0.05, 0) is 30.9 Å². The minimum absolute atomic E-state index is 0.322. The van der Waals surface area contributed by atoms with E-state index in [2.05, 4.69) is 17.2 Å². The first-order chi connectivity index (χ1) is 8.69. The fourth-order valence-electron chi connectivity index (χ4n) is 2.68. The molecule has 3 N–H and O–H groups in total. The number of aromatic nitrogens is 1. The van der Waals surface area contributed by atoms with Crippen LogP contribution in [0.5, 0.6) is 0 Å². The van der Waals surface area contributed by atoms with E-state index in [0.29, 0.717) is 11.7 Å². The molecule has 2 unspecified atom stereocenters. The smallest absolute Gasteiger partial charge is 0.267 e. The fourth-order valence-corrected chi connectivity index (χ4v) is 2.68. The Morgan fingerprint density at radius 1 is 1.56 bits per heavy atom.